The van der Waals surface area contributed by atoms with Crippen molar-refractivity contribution in [1.82, 2.24) is 0 Å². The molecule has 3 aliphatic carbocycles. The third-order valence-corrected chi connectivity index (χ3v) is 7.45. The Balaban J connectivity index is 1.52. The van der Waals surface area contributed by atoms with Crippen molar-refractivity contribution in [2.45, 2.75) is 103 Å². The van der Waals surface area contributed by atoms with Crippen molar-refractivity contribution in [2.75, 3.05) is 0 Å². The highest BCUT2D eigenvalue weighted by Crippen LogP contribution is 2.43. The second-order valence-corrected chi connectivity index (χ2v) is 8.88. The van der Waals surface area contributed by atoms with Crippen molar-refractivity contribution in [2.24, 2.45) is 29.6 Å². The van der Waals surface area contributed by atoms with Crippen LogP contribution in [-0.2, 0) is 0 Å². The standard InChI is InChI=1S/C22H37N/c23-17-19-13-11-18(12-14-19)15-16-22(20-7-3-1-4-8-20)21-9-5-2-6-10-21/h18-22H,1-16H2. The average molecular weight is 316 g/mol. The van der Waals surface area contributed by atoms with Gasteiger partial charge in [-0.2, -0.15) is 5.26 Å². The zero-order valence-electron chi connectivity index (χ0n) is 15.1. The summed E-state index contributed by atoms with van der Waals surface area (Å²) >= 11 is 0. The van der Waals surface area contributed by atoms with Gasteiger partial charge in [-0.05, 0) is 55.8 Å². The van der Waals surface area contributed by atoms with Crippen LogP contribution in [0.1, 0.15) is 103 Å². The van der Waals surface area contributed by atoms with Crippen LogP contribution in [0.5, 0.6) is 0 Å². The quantitative estimate of drug-likeness (QED) is 0.543. The highest BCUT2D eigenvalue weighted by molar-refractivity contribution is 4.88. The molecule has 0 amide bonds. The van der Waals surface area contributed by atoms with Gasteiger partial charge in [0.05, 0.1) is 6.07 Å². The van der Waals surface area contributed by atoms with Crippen LogP contribution in [0.15, 0.2) is 0 Å². The summed E-state index contributed by atoms with van der Waals surface area (Å²) in [6, 6.07) is 2.49. The van der Waals surface area contributed by atoms with E-state index in [4.69, 9.17) is 5.26 Å². The van der Waals surface area contributed by atoms with E-state index < -0.39 is 0 Å². The summed E-state index contributed by atoms with van der Waals surface area (Å²) in [4.78, 5) is 0. The van der Waals surface area contributed by atoms with Gasteiger partial charge in [0.25, 0.3) is 0 Å². The van der Waals surface area contributed by atoms with Gasteiger partial charge in [0.1, 0.15) is 0 Å². The Morgan fingerprint density at radius 2 is 1.22 bits per heavy atom. The second kappa shape index (κ2) is 9.10. The van der Waals surface area contributed by atoms with Crippen LogP contribution in [-0.4, -0.2) is 0 Å². The van der Waals surface area contributed by atoms with Gasteiger partial charge in [0, 0.05) is 5.92 Å². The Hall–Kier alpha value is -0.510. The summed E-state index contributed by atoms with van der Waals surface area (Å²) in [5.74, 6) is 4.47. The summed E-state index contributed by atoms with van der Waals surface area (Å²) in [6.45, 7) is 0. The zero-order chi connectivity index (χ0) is 15.9. The summed E-state index contributed by atoms with van der Waals surface area (Å²) < 4.78 is 0. The molecule has 0 radical (unpaired) electrons. The molecule has 0 spiro atoms. The zero-order valence-corrected chi connectivity index (χ0v) is 15.1. The number of hydrogen-bond acceptors (Lipinski definition) is 1. The van der Waals surface area contributed by atoms with Gasteiger partial charge in [-0.3, -0.25) is 0 Å². The van der Waals surface area contributed by atoms with Crippen LogP contribution in [0.25, 0.3) is 0 Å². The normalized spacial score (nSPS) is 31.1. The average Bonchev–Trinajstić information content (AvgIpc) is 2.64. The summed E-state index contributed by atoms with van der Waals surface area (Å²) in [6.07, 6.45) is 23.1. The van der Waals surface area contributed by atoms with Crippen molar-refractivity contribution in [3.63, 3.8) is 0 Å². The summed E-state index contributed by atoms with van der Waals surface area (Å²) in [5, 5.41) is 9.09. The van der Waals surface area contributed by atoms with E-state index in [1.807, 2.05) is 0 Å². The van der Waals surface area contributed by atoms with E-state index in [0.29, 0.717) is 5.92 Å². The third-order valence-electron chi connectivity index (χ3n) is 7.45. The van der Waals surface area contributed by atoms with E-state index in [-0.39, 0.29) is 0 Å². The molecule has 0 unspecified atom stereocenters. The maximum absolute atomic E-state index is 9.09. The highest BCUT2D eigenvalue weighted by atomic mass is 14.4. The molecule has 0 N–H and O–H groups in total. The fraction of sp³-hybridized carbons (Fsp3) is 0.955. The SMILES string of the molecule is N#CC1CCC(CCC(C2CCCCC2)C2CCCCC2)CC1. The molecule has 130 valence electrons. The number of nitrogens with zero attached hydrogens (tertiary/aromatic N) is 1. The summed E-state index contributed by atoms with van der Waals surface area (Å²) in [5.41, 5.74) is 0. The predicted octanol–water partition coefficient (Wildman–Crippen LogP) is 6.87. The van der Waals surface area contributed by atoms with E-state index in [0.717, 1.165) is 23.7 Å². The minimum atomic E-state index is 0.374. The Morgan fingerprint density at radius 3 is 1.70 bits per heavy atom. The molecule has 3 aliphatic rings. The molecule has 3 fully saturated rings. The van der Waals surface area contributed by atoms with Gasteiger partial charge in [-0.15, -0.1) is 0 Å². The maximum Gasteiger partial charge on any atom is 0.0655 e. The van der Waals surface area contributed by atoms with Crippen molar-refractivity contribution in [3.8, 4) is 6.07 Å². The van der Waals surface area contributed by atoms with Crippen LogP contribution in [0.3, 0.4) is 0 Å². The minimum Gasteiger partial charge on any atom is -0.198 e. The molecule has 0 heterocycles. The van der Waals surface area contributed by atoms with Crippen LogP contribution in [0, 0.1) is 40.9 Å². The number of nitriles is 1. The monoisotopic (exact) mass is 315 g/mol. The lowest BCUT2D eigenvalue weighted by Crippen LogP contribution is -2.28. The number of hydrogen-bond donors (Lipinski definition) is 0. The first-order valence-corrected chi connectivity index (χ1v) is 10.8. The van der Waals surface area contributed by atoms with Gasteiger partial charge < -0.3 is 0 Å². The fourth-order valence-electron chi connectivity index (χ4n) is 5.99. The lowest BCUT2D eigenvalue weighted by molar-refractivity contribution is 0.122. The molecule has 0 aromatic rings. The first-order chi connectivity index (χ1) is 11.4. The largest absolute Gasteiger partial charge is 0.198 e. The smallest absolute Gasteiger partial charge is 0.0655 e. The first-order valence-electron chi connectivity index (χ1n) is 10.8. The second-order valence-electron chi connectivity index (χ2n) is 8.88. The molecule has 0 atom stereocenters. The van der Waals surface area contributed by atoms with E-state index in [1.54, 1.807) is 0 Å². The van der Waals surface area contributed by atoms with E-state index in [1.165, 1.54) is 103 Å². The Labute approximate surface area is 144 Å². The van der Waals surface area contributed by atoms with Gasteiger partial charge >= 0.3 is 0 Å². The highest BCUT2D eigenvalue weighted by Gasteiger charge is 2.32. The molecule has 23 heavy (non-hydrogen) atoms. The predicted molar refractivity (Wildman–Crippen MR) is 96.9 cm³/mol. The molecule has 3 saturated carbocycles. The molecule has 0 aromatic carbocycles. The molecule has 0 bridgehead atoms. The minimum absolute atomic E-state index is 0.374. The molecule has 1 nitrogen and oxygen atoms in total. The van der Waals surface area contributed by atoms with E-state index >= 15 is 0 Å². The third kappa shape index (κ3) is 4.98. The van der Waals surface area contributed by atoms with Crippen LogP contribution < -0.4 is 0 Å². The Bertz CT molecular complexity index is 344. The molecular formula is C22H37N. The molecule has 0 aliphatic heterocycles. The molecular weight excluding hydrogens is 278 g/mol. The Kier molecular flexibility index (Phi) is 6.85. The van der Waals surface area contributed by atoms with Crippen molar-refractivity contribution >= 4 is 0 Å². The Morgan fingerprint density at radius 1 is 0.696 bits per heavy atom. The van der Waals surface area contributed by atoms with E-state index in [9.17, 15) is 0 Å². The fourth-order valence-corrected chi connectivity index (χ4v) is 5.99. The van der Waals surface area contributed by atoms with Crippen molar-refractivity contribution < 1.29 is 0 Å². The molecule has 0 aromatic heterocycles. The molecule has 3 rings (SSSR count). The van der Waals surface area contributed by atoms with Crippen LogP contribution >= 0.6 is 0 Å². The van der Waals surface area contributed by atoms with Crippen molar-refractivity contribution in [3.05, 3.63) is 0 Å². The van der Waals surface area contributed by atoms with Gasteiger partial charge in [-0.1, -0.05) is 70.6 Å². The lowest BCUT2D eigenvalue weighted by atomic mass is 9.67. The van der Waals surface area contributed by atoms with Gasteiger partial charge in [-0.25, -0.2) is 0 Å². The number of rotatable bonds is 5. The molecule has 0 saturated heterocycles. The topological polar surface area (TPSA) is 23.8 Å². The first kappa shape index (κ1) is 17.3. The summed E-state index contributed by atoms with van der Waals surface area (Å²) in [7, 11) is 0. The lowest BCUT2D eigenvalue weighted by Gasteiger charge is -2.39. The van der Waals surface area contributed by atoms with E-state index in [2.05, 4.69) is 6.07 Å². The van der Waals surface area contributed by atoms with Gasteiger partial charge in [0.15, 0.2) is 0 Å². The maximum atomic E-state index is 9.09. The van der Waals surface area contributed by atoms with Gasteiger partial charge in [0.2, 0.25) is 0 Å². The van der Waals surface area contributed by atoms with Crippen molar-refractivity contribution in [1.29, 1.82) is 5.26 Å². The molecule has 1 heteroatoms. The van der Waals surface area contributed by atoms with Crippen LogP contribution in [0.4, 0.5) is 0 Å². The van der Waals surface area contributed by atoms with Crippen LogP contribution in [0.2, 0.25) is 0 Å².